The van der Waals surface area contributed by atoms with Crippen LogP contribution >= 0.6 is 0 Å². The van der Waals surface area contributed by atoms with Crippen LogP contribution in [0, 0.1) is 0 Å². The molecule has 0 saturated heterocycles. The first-order valence-electron chi connectivity index (χ1n) is 11.8. The Balaban J connectivity index is 1.64. The van der Waals surface area contributed by atoms with Gasteiger partial charge in [-0.3, -0.25) is 9.36 Å². The maximum absolute atomic E-state index is 13.6. The zero-order chi connectivity index (χ0) is 25.9. The van der Waals surface area contributed by atoms with Gasteiger partial charge in [0.2, 0.25) is 12.7 Å². The van der Waals surface area contributed by atoms with Crippen LogP contribution in [0.15, 0.2) is 54.3 Å². The van der Waals surface area contributed by atoms with Crippen LogP contribution in [0.25, 0.3) is 21.3 Å². The van der Waals surface area contributed by atoms with Crippen LogP contribution in [0.1, 0.15) is 29.7 Å². The normalized spacial score (nSPS) is 16.1. The molecule has 0 N–H and O–H groups in total. The molecule has 0 spiro atoms. The number of fused-ring (bicyclic) bond motifs is 1. The number of rotatable bonds is 7. The van der Waals surface area contributed by atoms with Crippen molar-refractivity contribution >= 4 is 22.9 Å². The summed E-state index contributed by atoms with van der Waals surface area (Å²) in [7, 11) is 0. The smallest absolute Gasteiger partial charge is 0.418 e. The van der Waals surface area contributed by atoms with Gasteiger partial charge in [0.25, 0.3) is 0 Å². The van der Waals surface area contributed by atoms with Crippen molar-refractivity contribution in [1.29, 1.82) is 0 Å². The Hall–Kier alpha value is -4.63. The average Bonchev–Trinajstić information content (AvgIpc) is 3.52. The molecule has 11 heteroatoms. The van der Waals surface area contributed by atoms with Gasteiger partial charge in [0, 0.05) is 35.1 Å². The number of benzene rings is 2. The number of hydrogen-bond acceptors (Lipinski definition) is 7. The molecule has 2 aliphatic rings. The minimum Gasteiger partial charge on any atom is -0.489 e. The largest absolute Gasteiger partial charge is 0.489 e. The molecule has 3 aromatic rings. The van der Waals surface area contributed by atoms with E-state index in [-0.39, 0.29) is 32.5 Å². The first-order chi connectivity index (χ1) is 18.0. The van der Waals surface area contributed by atoms with Gasteiger partial charge in [-0.15, -0.1) is 6.58 Å². The Bertz CT molecular complexity index is 1440. The Morgan fingerprint density at radius 3 is 2.92 bits per heavy atom. The van der Waals surface area contributed by atoms with Crippen LogP contribution in [-0.4, -0.2) is 48.0 Å². The molecule has 1 amide bonds. The van der Waals surface area contributed by atoms with E-state index in [4.69, 9.17) is 18.9 Å². The maximum Gasteiger partial charge on any atom is 0.418 e. The highest BCUT2D eigenvalue weighted by atomic mass is 16.7. The summed E-state index contributed by atoms with van der Waals surface area (Å²) in [6.07, 6.45) is 3.27. The molecule has 3 heterocycles. The summed E-state index contributed by atoms with van der Waals surface area (Å²) in [5.74, 6) is 1.29. The predicted molar refractivity (Wildman–Crippen MR) is 134 cm³/mol. The number of hydrogen-bond donors (Lipinski definition) is 0. The number of nitrogens with zero attached hydrogens (tertiary/aromatic N) is 5. The third-order valence-corrected chi connectivity index (χ3v) is 6.33. The second-order valence-electron chi connectivity index (χ2n) is 8.50. The Morgan fingerprint density at radius 1 is 1.30 bits per heavy atom. The molecule has 2 aliphatic heterocycles. The number of amides is 1. The number of aromatic nitrogens is 1. The monoisotopic (exact) mass is 503 g/mol. The van der Waals surface area contributed by atoms with Gasteiger partial charge in [-0.1, -0.05) is 17.3 Å². The van der Waals surface area contributed by atoms with Gasteiger partial charge in [-0.25, -0.2) is 4.79 Å². The number of carbonyl (C=O) groups is 2. The first-order valence-corrected chi connectivity index (χ1v) is 11.8. The summed E-state index contributed by atoms with van der Waals surface area (Å²) in [6.45, 7) is 6.67. The van der Waals surface area contributed by atoms with Crippen molar-refractivity contribution in [1.82, 2.24) is 9.47 Å². The summed E-state index contributed by atoms with van der Waals surface area (Å²) in [5.41, 5.74) is 12.0. The molecule has 1 atom stereocenters. The number of azide groups is 1. The lowest BCUT2D eigenvalue weighted by atomic mass is 9.94. The summed E-state index contributed by atoms with van der Waals surface area (Å²) in [4.78, 5) is 30.8. The van der Waals surface area contributed by atoms with E-state index in [2.05, 4.69) is 16.6 Å². The van der Waals surface area contributed by atoms with E-state index >= 15 is 0 Å². The van der Waals surface area contributed by atoms with Crippen LogP contribution in [0.3, 0.4) is 0 Å². The zero-order valence-electron chi connectivity index (χ0n) is 20.3. The molecule has 0 radical (unpaired) electrons. The third kappa shape index (κ3) is 4.41. The van der Waals surface area contributed by atoms with Crippen molar-refractivity contribution in [2.75, 3.05) is 26.5 Å². The van der Waals surface area contributed by atoms with Gasteiger partial charge in [-0.2, -0.15) is 0 Å². The Kier molecular flexibility index (Phi) is 6.61. The summed E-state index contributed by atoms with van der Waals surface area (Å²) in [6, 6.07) is 7.72. The van der Waals surface area contributed by atoms with Crippen molar-refractivity contribution in [2.45, 2.75) is 26.0 Å². The SMILES string of the molecule is C=CCN1CCc2cn(C(=O)OCC)c3ccc(OCc4ccc5c(c4)OCO5)c(c23)C(N=[N+]=[N-])C1=O. The molecule has 37 heavy (non-hydrogen) atoms. The summed E-state index contributed by atoms with van der Waals surface area (Å²) < 4.78 is 23.7. The topological polar surface area (TPSA) is 128 Å². The molecule has 190 valence electrons. The quantitative estimate of drug-likeness (QED) is 0.196. The highest BCUT2D eigenvalue weighted by molar-refractivity contribution is 5.99. The number of ether oxygens (including phenoxy) is 4. The van der Waals surface area contributed by atoms with E-state index in [0.717, 1.165) is 11.1 Å². The summed E-state index contributed by atoms with van der Waals surface area (Å²) >= 11 is 0. The zero-order valence-corrected chi connectivity index (χ0v) is 20.3. The van der Waals surface area contributed by atoms with E-state index in [0.29, 0.717) is 46.7 Å². The summed E-state index contributed by atoms with van der Waals surface area (Å²) in [5, 5.41) is 4.53. The van der Waals surface area contributed by atoms with Crippen molar-refractivity contribution < 1.29 is 28.5 Å². The van der Waals surface area contributed by atoms with Crippen molar-refractivity contribution in [2.24, 2.45) is 5.11 Å². The maximum atomic E-state index is 13.6. The van der Waals surface area contributed by atoms with E-state index in [1.54, 1.807) is 42.3 Å². The number of carbonyl (C=O) groups excluding carboxylic acids is 2. The van der Waals surface area contributed by atoms with E-state index < -0.39 is 12.1 Å². The van der Waals surface area contributed by atoms with Crippen LogP contribution < -0.4 is 14.2 Å². The molecule has 0 bridgehead atoms. The van der Waals surface area contributed by atoms with Gasteiger partial charge in [0.05, 0.1) is 12.1 Å². The van der Waals surface area contributed by atoms with Crippen molar-refractivity contribution in [3.05, 3.63) is 76.3 Å². The molecule has 0 fully saturated rings. The second kappa shape index (κ2) is 10.2. The van der Waals surface area contributed by atoms with Gasteiger partial charge < -0.3 is 23.8 Å². The second-order valence-corrected chi connectivity index (χ2v) is 8.50. The van der Waals surface area contributed by atoms with Gasteiger partial charge in [0.1, 0.15) is 18.4 Å². The Morgan fingerprint density at radius 2 is 2.14 bits per heavy atom. The van der Waals surface area contributed by atoms with Crippen LogP contribution in [0.5, 0.6) is 17.2 Å². The van der Waals surface area contributed by atoms with Crippen LogP contribution in [0.2, 0.25) is 0 Å². The molecule has 5 rings (SSSR count). The van der Waals surface area contributed by atoms with Crippen molar-refractivity contribution in [3.63, 3.8) is 0 Å². The van der Waals surface area contributed by atoms with E-state index in [1.165, 1.54) is 4.57 Å². The average molecular weight is 504 g/mol. The van der Waals surface area contributed by atoms with Crippen LogP contribution in [-0.2, 0) is 22.6 Å². The minimum absolute atomic E-state index is 0.163. The fourth-order valence-electron chi connectivity index (χ4n) is 4.70. The highest BCUT2D eigenvalue weighted by Gasteiger charge is 2.33. The molecule has 0 aliphatic carbocycles. The third-order valence-electron chi connectivity index (χ3n) is 6.33. The Labute approximate surface area is 212 Å². The standard InChI is InChI=1S/C26H25N5O6/c1-3-10-30-11-9-17-13-31(26(33)34-4-2)18-6-8-20(23(22(17)18)24(25(30)32)28-29-27)35-14-16-5-7-19-21(12-16)37-15-36-19/h3,5-8,12-13,24H,1,4,9-11,14-15H2,2H3. The fourth-order valence-corrected chi connectivity index (χ4v) is 4.70. The van der Waals surface area contributed by atoms with Gasteiger partial charge >= 0.3 is 6.09 Å². The minimum atomic E-state index is -1.20. The molecular formula is C26H25N5O6. The highest BCUT2D eigenvalue weighted by Crippen LogP contribution is 2.41. The fraction of sp³-hybridized carbons (Fsp3) is 0.308. The van der Waals surface area contributed by atoms with Crippen molar-refractivity contribution in [3.8, 4) is 17.2 Å². The molecular weight excluding hydrogens is 478 g/mol. The van der Waals surface area contributed by atoms with Gasteiger partial charge in [0.15, 0.2) is 11.5 Å². The lowest BCUT2D eigenvalue weighted by molar-refractivity contribution is -0.132. The molecule has 2 aromatic carbocycles. The van der Waals surface area contributed by atoms with E-state index in [9.17, 15) is 15.1 Å². The van der Waals surface area contributed by atoms with Crippen LogP contribution in [0.4, 0.5) is 4.79 Å². The molecule has 0 saturated carbocycles. The predicted octanol–water partition coefficient (Wildman–Crippen LogP) is 4.88. The first kappa shape index (κ1) is 24.1. The molecule has 1 unspecified atom stereocenters. The lowest BCUT2D eigenvalue weighted by Gasteiger charge is -2.28. The van der Waals surface area contributed by atoms with Gasteiger partial charge in [-0.05, 0) is 54.3 Å². The van der Waals surface area contributed by atoms with E-state index in [1.807, 2.05) is 12.1 Å². The molecule has 11 nitrogen and oxygen atoms in total. The molecule has 1 aromatic heterocycles. The lowest BCUT2D eigenvalue weighted by Crippen LogP contribution is -2.37.